The Morgan fingerprint density at radius 2 is 2.09 bits per heavy atom. The molecule has 0 amide bonds. The summed E-state index contributed by atoms with van der Waals surface area (Å²) in [5.74, 6) is -1.36. The van der Waals surface area contributed by atoms with Crippen LogP contribution in [0.4, 0.5) is 0 Å². The molecule has 0 aliphatic heterocycles. The predicted octanol–water partition coefficient (Wildman–Crippen LogP) is 0.660. The Bertz CT molecular complexity index is 153. The van der Waals surface area contributed by atoms with Crippen LogP contribution in [0.15, 0.2) is 0 Å². The summed E-state index contributed by atoms with van der Waals surface area (Å²) in [7, 11) is 0. The molecule has 64 valence electrons. The van der Waals surface area contributed by atoms with Gasteiger partial charge >= 0.3 is 11.9 Å². The molecule has 1 unspecified atom stereocenters. The Hall–Kier alpha value is -1.06. The molecule has 0 aliphatic carbocycles. The zero-order valence-corrected chi connectivity index (χ0v) is 6.66. The zero-order chi connectivity index (χ0) is 8.85. The second-order valence-corrected chi connectivity index (χ2v) is 2.51. The van der Waals surface area contributed by atoms with Gasteiger partial charge in [0.2, 0.25) is 0 Å². The summed E-state index contributed by atoms with van der Waals surface area (Å²) < 4.78 is 4.60. The highest BCUT2D eigenvalue weighted by molar-refractivity contribution is 5.67. The SMILES string of the molecule is CC(=O)OCC(C)CC(=O)O. The first-order valence-corrected chi connectivity index (χ1v) is 3.37. The third kappa shape index (κ3) is 6.83. The van der Waals surface area contributed by atoms with Crippen LogP contribution >= 0.6 is 0 Å². The number of hydrogen-bond acceptors (Lipinski definition) is 3. The van der Waals surface area contributed by atoms with Crippen molar-refractivity contribution >= 4 is 11.9 Å². The van der Waals surface area contributed by atoms with Crippen LogP contribution in [0.3, 0.4) is 0 Å². The van der Waals surface area contributed by atoms with Gasteiger partial charge in [-0.05, 0) is 0 Å². The molecule has 0 rings (SSSR count). The highest BCUT2D eigenvalue weighted by Gasteiger charge is 2.08. The van der Waals surface area contributed by atoms with Gasteiger partial charge < -0.3 is 9.84 Å². The maximum atomic E-state index is 10.3. The van der Waals surface area contributed by atoms with E-state index in [9.17, 15) is 9.59 Å². The van der Waals surface area contributed by atoms with E-state index in [0.717, 1.165) is 0 Å². The van der Waals surface area contributed by atoms with Gasteiger partial charge in [-0.1, -0.05) is 6.92 Å². The van der Waals surface area contributed by atoms with Gasteiger partial charge in [-0.2, -0.15) is 0 Å². The minimum absolute atomic E-state index is 0.0350. The van der Waals surface area contributed by atoms with E-state index in [4.69, 9.17) is 5.11 Å². The van der Waals surface area contributed by atoms with Gasteiger partial charge in [0, 0.05) is 12.8 Å². The molecule has 0 heterocycles. The van der Waals surface area contributed by atoms with E-state index in [1.54, 1.807) is 6.92 Å². The van der Waals surface area contributed by atoms with Gasteiger partial charge in [0.15, 0.2) is 0 Å². The zero-order valence-electron chi connectivity index (χ0n) is 6.66. The van der Waals surface area contributed by atoms with Crippen molar-refractivity contribution in [3.8, 4) is 0 Å². The molecule has 0 radical (unpaired) electrons. The first-order valence-electron chi connectivity index (χ1n) is 3.37. The fraction of sp³-hybridized carbons (Fsp3) is 0.714. The Balaban J connectivity index is 3.44. The lowest BCUT2D eigenvalue weighted by atomic mass is 10.1. The number of ether oxygens (including phenoxy) is 1. The molecule has 11 heavy (non-hydrogen) atoms. The minimum Gasteiger partial charge on any atom is -0.481 e. The van der Waals surface area contributed by atoms with E-state index >= 15 is 0 Å². The maximum absolute atomic E-state index is 10.3. The van der Waals surface area contributed by atoms with Crippen LogP contribution in [0.2, 0.25) is 0 Å². The molecule has 1 N–H and O–H groups in total. The lowest BCUT2D eigenvalue weighted by Gasteiger charge is -2.07. The van der Waals surface area contributed by atoms with Crippen LogP contribution in [-0.2, 0) is 14.3 Å². The van der Waals surface area contributed by atoms with Crippen LogP contribution in [0.5, 0.6) is 0 Å². The van der Waals surface area contributed by atoms with Crippen molar-refractivity contribution < 1.29 is 19.4 Å². The Morgan fingerprint density at radius 1 is 1.55 bits per heavy atom. The number of carboxylic acid groups (broad SMARTS) is 1. The van der Waals surface area contributed by atoms with Gasteiger partial charge in [0.25, 0.3) is 0 Å². The number of carboxylic acids is 1. The summed E-state index contributed by atoms with van der Waals surface area (Å²) in [4.78, 5) is 20.4. The maximum Gasteiger partial charge on any atom is 0.303 e. The molecule has 0 aromatic heterocycles. The van der Waals surface area contributed by atoms with Crippen LogP contribution in [0.25, 0.3) is 0 Å². The van der Waals surface area contributed by atoms with Crippen LogP contribution < -0.4 is 0 Å². The van der Waals surface area contributed by atoms with E-state index in [1.165, 1.54) is 6.92 Å². The first-order chi connectivity index (χ1) is 5.02. The molecule has 0 saturated heterocycles. The molecule has 0 aromatic carbocycles. The molecule has 4 nitrogen and oxygen atoms in total. The van der Waals surface area contributed by atoms with E-state index in [-0.39, 0.29) is 24.9 Å². The summed E-state index contributed by atoms with van der Waals surface area (Å²) in [5.41, 5.74) is 0. The van der Waals surface area contributed by atoms with E-state index in [0.29, 0.717) is 0 Å². The van der Waals surface area contributed by atoms with Crippen LogP contribution in [-0.4, -0.2) is 23.7 Å². The van der Waals surface area contributed by atoms with Crippen molar-refractivity contribution in [1.82, 2.24) is 0 Å². The summed E-state index contributed by atoms with van der Waals surface area (Å²) >= 11 is 0. The van der Waals surface area contributed by atoms with E-state index in [1.807, 2.05) is 0 Å². The lowest BCUT2D eigenvalue weighted by molar-refractivity contribution is -0.145. The van der Waals surface area contributed by atoms with Crippen molar-refractivity contribution in [2.75, 3.05) is 6.61 Å². The van der Waals surface area contributed by atoms with Crippen molar-refractivity contribution in [3.63, 3.8) is 0 Å². The number of rotatable bonds is 4. The molecular formula is C7H12O4. The van der Waals surface area contributed by atoms with Gasteiger partial charge in [-0.25, -0.2) is 0 Å². The molecule has 0 saturated carbocycles. The third-order valence-electron chi connectivity index (χ3n) is 1.09. The standard InChI is InChI=1S/C7H12O4/c1-5(3-7(9)10)4-11-6(2)8/h5H,3-4H2,1-2H3,(H,9,10). The monoisotopic (exact) mass is 160 g/mol. The highest BCUT2D eigenvalue weighted by Crippen LogP contribution is 2.01. The molecule has 0 fully saturated rings. The highest BCUT2D eigenvalue weighted by atomic mass is 16.5. The van der Waals surface area contributed by atoms with Gasteiger partial charge in [-0.3, -0.25) is 9.59 Å². The average Bonchev–Trinajstić information content (AvgIpc) is 1.82. The topological polar surface area (TPSA) is 63.6 Å². The number of carbonyl (C=O) groups is 2. The smallest absolute Gasteiger partial charge is 0.303 e. The number of aliphatic carboxylic acids is 1. The van der Waals surface area contributed by atoms with E-state index in [2.05, 4.69) is 4.74 Å². The number of carbonyl (C=O) groups excluding carboxylic acids is 1. The predicted molar refractivity (Wildman–Crippen MR) is 38.0 cm³/mol. The molecule has 4 heteroatoms. The fourth-order valence-corrected chi connectivity index (χ4v) is 0.617. The Kier molecular flexibility index (Phi) is 4.26. The Labute approximate surface area is 65.2 Å². The number of hydrogen-bond donors (Lipinski definition) is 1. The molecular weight excluding hydrogens is 148 g/mol. The third-order valence-corrected chi connectivity index (χ3v) is 1.09. The van der Waals surface area contributed by atoms with Crippen molar-refractivity contribution in [2.45, 2.75) is 20.3 Å². The summed E-state index contributed by atoms with van der Waals surface area (Å²) in [6, 6.07) is 0. The summed E-state index contributed by atoms with van der Waals surface area (Å²) in [5, 5.41) is 8.31. The molecule has 0 bridgehead atoms. The van der Waals surface area contributed by atoms with Crippen molar-refractivity contribution in [2.24, 2.45) is 5.92 Å². The molecule has 1 atom stereocenters. The normalized spacial score (nSPS) is 12.2. The largest absolute Gasteiger partial charge is 0.481 e. The van der Waals surface area contributed by atoms with E-state index < -0.39 is 5.97 Å². The Morgan fingerprint density at radius 3 is 2.45 bits per heavy atom. The molecule has 0 spiro atoms. The minimum atomic E-state index is -0.871. The van der Waals surface area contributed by atoms with Gasteiger partial charge in [0.1, 0.15) is 0 Å². The number of esters is 1. The van der Waals surface area contributed by atoms with Gasteiger partial charge in [0.05, 0.1) is 13.0 Å². The van der Waals surface area contributed by atoms with Crippen molar-refractivity contribution in [1.29, 1.82) is 0 Å². The first kappa shape index (κ1) is 9.94. The quantitative estimate of drug-likeness (QED) is 0.613. The molecule has 0 aliphatic rings. The average molecular weight is 160 g/mol. The second-order valence-electron chi connectivity index (χ2n) is 2.51. The summed E-state index contributed by atoms with van der Waals surface area (Å²) in [6.07, 6.45) is 0.0350. The van der Waals surface area contributed by atoms with Crippen LogP contribution in [0, 0.1) is 5.92 Å². The van der Waals surface area contributed by atoms with Crippen LogP contribution in [0.1, 0.15) is 20.3 Å². The second kappa shape index (κ2) is 4.71. The fourth-order valence-electron chi connectivity index (χ4n) is 0.617. The summed E-state index contributed by atoms with van der Waals surface area (Å²) in [6.45, 7) is 3.20. The lowest BCUT2D eigenvalue weighted by Crippen LogP contribution is -2.12. The molecule has 0 aromatic rings. The van der Waals surface area contributed by atoms with Gasteiger partial charge in [-0.15, -0.1) is 0 Å². The van der Waals surface area contributed by atoms with Crippen molar-refractivity contribution in [3.05, 3.63) is 0 Å².